The highest BCUT2D eigenvalue weighted by Gasteiger charge is 2.17. The molecule has 2 heterocycles. The number of nitrogens with zero attached hydrogens (tertiary/aromatic N) is 3. The Balaban J connectivity index is 1.71. The molecule has 3 N–H and O–H groups in total. The maximum atomic E-state index is 11.7. The zero-order valence-corrected chi connectivity index (χ0v) is 16.4. The van der Waals surface area contributed by atoms with E-state index in [1.165, 1.54) is 37.3 Å². The Bertz CT molecular complexity index is 1240. The number of hydrogen-bond acceptors (Lipinski definition) is 4. The van der Waals surface area contributed by atoms with Gasteiger partial charge in [-0.3, -0.25) is 9.78 Å². The molecule has 2 aromatic carbocycles. The van der Waals surface area contributed by atoms with Crippen LogP contribution in [-0.4, -0.2) is 26.5 Å². The van der Waals surface area contributed by atoms with Crippen LogP contribution in [0.25, 0.3) is 33.1 Å². The number of rotatable bonds is 4. The van der Waals surface area contributed by atoms with Crippen molar-refractivity contribution in [2.45, 2.75) is 31.7 Å². The second-order valence-corrected chi connectivity index (χ2v) is 7.84. The Kier molecular flexibility index (Phi) is 4.19. The minimum Gasteiger partial charge on any atom is -0.382 e. The van der Waals surface area contributed by atoms with E-state index in [1.807, 2.05) is 13.1 Å². The zero-order chi connectivity index (χ0) is 20.0. The third-order valence-electron chi connectivity index (χ3n) is 5.83. The molecular weight excluding hydrogens is 362 g/mol. The second-order valence-electron chi connectivity index (χ2n) is 7.84. The number of aromatic nitrogens is 3. The van der Waals surface area contributed by atoms with Crippen LogP contribution in [0, 0.1) is 0 Å². The van der Waals surface area contributed by atoms with Crippen LogP contribution in [-0.2, 0) is 7.05 Å². The van der Waals surface area contributed by atoms with Crippen LogP contribution < -0.4 is 11.1 Å². The Hall–Kier alpha value is -3.41. The summed E-state index contributed by atoms with van der Waals surface area (Å²) in [4.78, 5) is 20.7. The van der Waals surface area contributed by atoms with Gasteiger partial charge in [-0.1, -0.05) is 25.0 Å². The molecule has 29 heavy (non-hydrogen) atoms. The maximum absolute atomic E-state index is 11.7. The van der Waals surface area contributed by atoms with E-state index in [4.69, 9.17) is 5.73 Å². The monoisotopic (exact) mass is 385 g/mol. The predicted molar refractivity (Wildman–Crippen MR) is 116 cm³/mol. The minimum absolute atomic E-state index is 0.176. The van der Waals surface area contributed by atoms with E-state index >= 15 is 0 Å². The van der Waals surface area contributed by atoms with Crippen molar-refractivity contribution in [3.63, 3.8) is 0 Å². The number of nitrogens with one attached hydrogen (secondary N) is 1. The normalized spacial score (nSPS) is 14.7. The molecule has 0 bridgehead atoms. The van der Waals surface area contributed by atoms with E-state index in [-0.39, 0.29) is 5.69 Å². The highest BCUT2D eigenvalue weighted by Crippen LogP contribution is 2.33. The standard InChI is InChI=1S/C23H23N5O/c1-28-9-8-14-6-7-15(10-21(14)28)18-11-17(26-16-4-2-3-5-16)12-19-22(18)27-20(13-25-19)23(24)29/h6-13,16,26H,2-5H2,1H3,(H2,24,29). The third kappa shape index (κ3) is 3.20. The molecule has 1 aliphatic rings. The number of aryl methyl sites for hydroxylation is 1. The first kappa shape index (κ1) is 17.7. The van der Waals surface area contributed by atoms with Crippen molar-refractivity contribution in [3.8, 4) is 11.1 Å². The van der Waals surface area contributed by atoms with E-state index < -0.39 is 5.91 Å². The lowest BCUT2D eigenvalue weighted by molar-refractivity contribution is 0.0995. The average molecular weight is 385 g/mol. The molecule has 1 saturated carbocycles. The van der Waals surface area contributed by atoms with Gasteiger partial charge < -0.3 is 15.6 Å². The molecular formula is C23H23N5O. The maximum Gasteiger partial charge on any atom is 0.268 e. The highest BCUT2D eigenvalue weighted by atomic mass is 16.1. The lowest BCUT2D eigenvalue weighted by Gasteiger charge is -2.16. The van der Waals surface area contributed by atoms with E-state index in [1.54, 1.807) is 0 Å². The first-order valence-corrected chi connectivity index (χ1v) is 10.0. The molecule has 0 aliphatic heterocycles. The van der Waals surface area contributed by atoms with Crippen molar-refractivity contribution >= 4 is 33.5 Å². The fourth-order valence-electron chi connectivity index (χ4n) is 4.27. The molecule has 2 aromatic heterocycles. The Labute approximate surface area is 168 Å². The van der Waals surface area contributed by atoms with Gasteiger partial charge in [0.15, 0.2) is 0 Å². The van der Waals surface area contributed by atoms with Gasteiger partial charge >= 0.3 is 0 Å². The Morgan fingerprint density at radius 1 is 1.17 bits per heavy atom. The summed E-state index contributed by atoms with van der Waals surface area (Å²) in [7, 11) is 2.04. The van der Waals surface area contributed by atoms with Gasteiger partial charge in [0.25, 0.3) is 5.91 Å². The van der Waals surface area contributed by atoms with E-state index in [9.17, 15) is 4.79 Å². The first-order chi connectivity index (χ1) is 14.1. The largest absolute Gasteiger partial charge is 0.382 e. The van der Waals surface area contributed by atoms with Gasteiger partial charge in [0.05, 0.1) is 17.2 Å². The van der Waals surface area contributed by atoms with Crippen molar-refractivity contribution in [1.29, 1.82) is 0 Å². The van der Waals surface area contributed by atoms with E-state index in [2.05, 4.69) is 56.4 Å². The molecule has 4 aromatic rings. The molecule has 0 atom stereocenters. The van der Waals surface area contributed by atoms with Crippen LogP contribution in [0.15, 0.2) is 48.8 Å². The summed E-state index contributed by atoms with van der Waals surface area (Å²) >= 11 is 0. The third-order valence-corrected chi connectivity index (χ3v) is 5.83. The molecule has 1 fully saturated rings. The highest BCUT2D eigenvalue weighted by molar-refractivity contribution is 5.99. The van der Waals surface area contributed by atoms with Gasteiger partial charge in [-0.2, -0.15) is 0 Å². The van der Waals surface area contributed by atoms with Crippen molar-refractivity contribution < 1.29 is 4.79 Å². The summed E-state index contributed by atoms with van der Waals surface area (Å²) < 4.78 is 2.10. The van der Waals surface area contributed by atoms with Gasteiger partial charge in [0.1, 0.15) is 5.69 Å². The number of carbonyl (C=O) groups is 1. The molecule has 6 nitrogen and oxygen atoms in total. The SMILES string of the molecule is Cn1ccc2ccc(-c3cc(NC4CCCC4)cc4ncc(C(N)=O)nc34)cc21. The smallest absolute Gasteiger partial charge is 0.268 e. The van der Waals surface area contributed by atoms with Gasteiger partial charge in [-0.05, 0) is 48.1 Å². The number of carbonyl (C=O) groups excluding carboxylic acids is 1. The average Bonchev–Trinajstić information content (AvgIpc) is 3.36. The summed E-state index contributed by atoms with van der Waals surface area (Å²) in [6, 6.07) is 13.1. The number of nitrogens with two attached hydrogens (primary N) is 1. The van der Waals surface area contributed by atoms with Gasteiger partial charge in [0, 0.05) is 36.1 Å². The van der Waals surface area contributed by atoms with E-state index in [0.29, 0.717) is 11.6 Å². The summed E-state index contributed by atoms with van der Waals surface area (Å²) in [6.07, 6.45) is 8.42. The lowest BCUT2D eigenvalue weighted by atomic mass is 10.0. The summed E-state index contributed by atoms with van der Waals surface area (Å²) in [6.45, 7) is 0. The Morgan fingerprint density at radius 2 is 2.00 bits per heavy atom. The molecule has 1 amide bonds. The first-order valence-electron chi connectivity index (χ1n) is 10.0. The number of fused-ring (bicyclic) bond motifs is 2. The van der Waals surface area contributed by atoms with Crippen molar-refractivity contribution in [2.24, 2.45) is 12.8 Å². The molecule has 0 saturated heterocycles. The van der Waals surface area contributed by atoms with Crippen molar-refractivity contribution in [3.05, 3.63) is 54.5 Å². The molecule has 0 unspecified atom stereocenters. The van der Waals surface area contributed by atoms with Crippen LogP contribution >= 0.6 is 0 Å². The molecule has 0 spiro atoms. The molecule has 1 aliphatic carbocycles. The van der Waals surface area contributed by atoms with E-state index in [0.717, 1.165) is 27.8 Å². The fraction of sp³-hybridized carbons (Fsp3) is 0.261. The molecule has 6 heteroatoms. The van der Waals surface area contributed by atoms with Crippen LogP contribution in [0.3, 0.4) is 0 Å². The van der Waals surface area contributed by atoms with Crippen molar-refractivity contribution in [1.82, 2.24) is 14.5 Å². The molecule has 5 rings (SSSR count). The lowest BCUT2D eigenvalue weighted by Crippen LogP contribution is -2.15. The van der Waals surface area contributed by atoms with Crippen LogP contribution in [0.2, 0.25) is 0 Å². The van der Waals surface area contributed by atoms with Crippen LogP contribution in [0.5, 0.6) is 0 Å². The van der Waals surface area contributed by atoms with Gasteiger partial charge in [-0.25, -0.2) is 4.98 Å². The predicted octanol–water partition coefficient (Wildman–Crippen LogP) is 4.24. The van der Waals surface area contributed by atoms with Crippen LogP contribution in [0.1, 0.15) is 36.2 Å². The minimum atomic E-state index is -0.573. The summed E-state index contributed by atoms with van der Waals surface area (Å²) in [5, 5.41) is 4.84. The summed E-state index contributed by atoms with van der Waals surface area (Å²) in [5.41, 5.74) is 11.2. The fourth-order valence-corrected chi connectivity index (χ4v) is 4.27. The van der Waals surface area contributed by atoms with Crippen molar-refractivity contribution in [2.75, 3.05) is 5.32 Å². The number of amides is 1. The second kappa shape index (κ2) is 6.88. The Morgan fingerprint density at radius 3 is 2.79 bits per heavy atom. The van der Waals surface area contributed by atoms with Gasteiger partial charge in [0.2, 0.25) is 0 Å². The zero-order valence-electron chi connectivity index (χ0n) is 16.4. The quantitative estimate of drug-likeness (QED) is 0.550. The number of anilines is 1. The summed E-state index contributed by atoms with van der Waals surface area (Å²) in [5.74, 6) is -0.573. The molecule has 146 valence electrons. The number of benzene rings is 2. The topological polar surface area (TPSA) is 85.8 Å². The van der Waals surface area contributed by atoms with Crippen LogP contribution in [0.4, 0.5) is 5.69 Å². The number of hydrogen-bond donors (Lipinski definition) is 2. The molecule has 0 radical (unpaired) electrons. The number of primary amides is 1. The van der Waals surface area contributed by atoms with Gasteiger partial charge in [-0.15, -0.1) is 0 Å².